The molecule has 2 N–H and O–H groups in total. The third-order valence-corrected chi connectivity index (χ3v) is 11.1. The molecule has 56 heavy (non-hydrogen) atoms. The Morgan fingerprint density at radius 3 is 0.607 bits per heavy atom. The van der Waals surface area contributed by atoms with Crippen LogP contribution in [0.25, 0.3) is 0 Å². The maximum Gasteiger partial charge on any atom is 0.0701 e. The van der Waals surface area contributed by atoms with Crippen molar-refractivity contribution in [3.63, 3.8) is 0 Å². The van der Waals surface area contributed by atoms with Crippen molar-refractivity contribution in [2.24, 2.45) is 0 Å². The van der Waals surface area contributed by atoms with Gasteiger partial charge in [0, 0.05) is 24.7 Å². The van der Waals surface area contributed by atoms with Crippen LogP contribution in [-0.2, 0) is 47.4 Å². The Hall–Kier alpha value is 0.220. The lowest BCUT2D eigenvalue weighted by Crippen LogP contribution is -2.13. The number of hydrogen-bond acceptors (Lipinski definition) is 14. The molecule has 0 heterocycles. The smallest absolute Gasteiger partial charge is 0.0701 e. The molecule has 0 spiro atoms. The molecule has 0 aliphatic rings. The average molecular weight is 847 g/mol. The van der Waals surface area contributed by atoms with Crippen LogP contribution in [0.15, 0.2) is 0 Å². The summed E-state index contributed by atoms with van der Waals surface area (Å²) in [5, 5.41) is 17.2. The molecule has 0 unspecified atom stereocenters. The third kappa shape index (κ3) is 54.2. The molecule has 0 rings (SSSR count). The van der Waals surface area contributed by atoms with Crippen molar-refractivity contribution in [3.05, 3.63) is 0 Å². The molecule has 338 valence electrons. The molecule has 0 aromatic rings. The van der Waals surface area contributed by atoms with E-state index in [1.165, 1.54) is 114 Å². The molecule has 0 aliphatic heterocycles. The fourth-order valence-corrected chi connectivity index (χ4v) is 7.71. The van der Waals surface area contributed by atoms with E-state index in [0.717, 1.165) is 26.1 Å². The molecule has 0 saturated carbocycles. The van der Waals surface area contributed by atoms with Crippen molar-refractivity contribution in [1.82, 2.24) is 0 Å². The van der Waals surface area contributed by atoms with Crippen molar-refractivity contribution in [2.75, 3.05) is 157 Å². The van der Waals surface area contributed by atoms with Gasteiger partial charge in [-0.05, 0) is 25.7 Å². The topological polar surface area (TPSA) is 133 Å². The zero-order chi connectivity index (χ0) is 40.2. The standard InChI is InChI=1S/C42H86O12S2/c43-19-23-47-27-31-51-35-39-53-37-33-49-29-25-45-21-15-11-7-3-1-5-9-13-17-41-55-56-42-18-14-10-6-2-4-8-12-16-22-46-26-30-50-34-38-54-40-36-52-32-28-48-24-20-44/h43-44H,1-42H2. The van der Waals surface area contributed by atoms with Crippen LogP contribution in [0.1, 0.15) is 116 Å². The monoisotopic (exact) mass is 847 g/mol. The summed E-state index contributed by atoms with van der Waals surface area (Å²) in [5.41, 5.74) is 0. The van der Waals surface area contributed by atoms with Gasteiger partial charge < -0.3 is 57.6 Å². The molecule has 12 nitrogen and oxygen atoms in total. The largest absolute Gasteiger partial charge is 0.394 e. The highest BCUT2D eigenvalue weighted by Gasteiger charge is 1.99. The molecule has 0 bridgehead atoms. The van der Waals surface area contributed by atoms with Crippen molar-refractivity contribution >= 4 is 21.6 Å². The summed E-state index contributed by atoms with van der Waals surface area (Å²) in [4.78, 5) is 0. The van der Waals surface area contributed by atoms with Gasteiger partial charge in [0.1, 0.15) is 0 Å². The Morgan fingerprint density at radius 1 is 0.196 bits per heavy atom. The van der Waals surface area contributed by atoms with Crippen molar-refractivity contribution in [2.45, 2.75) is 116 Å². The minimum Gasteiger partial charge on any atom is -0.394 e. The van der Waals surface area contributed by atoms with Crippen molar-refractivity contribution in [1.29, 1.82) is 0 Å². The summed E-state index contributed by atoms with van der Waals surface area (Å²) in [7, 11) is 4.17. The lowest BCUT2D eigenvalue weighted by atomic mass is 10.1. The van der Waals surface area contributed by atoms with Gasteiger partial charge in [-0.15, -0.1) is 0 Å². The van der Waals surface area contributed by atoms with E-state index in [1.54, 1.807) is 0 Å². The zero-order valence-corrected chi connectivity index (χ0v) is 37.1. The van der Waals surface area contributed by atoms with Crippen LogP contribution in [0.4, 0.5) is 0 Å². The van der Waals surface area contributed by atoms with Crippen molar-refractivity contribution < 1.29 is 57.6 Å². The predicted octanol–water partition coefficient (Wildman–Crippen LogP) is 7.54. The first kappa shape index (κ1) is 56.2. The normalized spacial score (nSPS) is 11.7. The number of ether oxygens (including phenoxy) is 10. The van der Waals surface area contributed by atoms with E-state index in [0.29, 0.717) is 119 Å². The zero-order valence-electron chi connectivity index (χ0n) is 35.5. The molecule has 0 amide bonds. The van der Waals surface area contributed by atoms with E-state index in [4.69, 9.17) is 57.6 Å². The number of aliphatic hydroxyl groups is 2. The lowest BCUT2D eigenvalue weighted by Gasteiger charge is -2.08. The van der Waals surface area contributed by atoms with E-state index in [9.17, 15) is 0 Å². The molecule has 0 aliphatic carbocycles. The molecule has 0 radical (unpaired) electrons. The van der Waals surface area contributed by atoms with Gasteiger partial charge in [0.25, 0.3) is 0 Å². The van der Waals surface area contributed by atoms with Crippen LogP contribution in [0.5, 0.6) is 0 Å². The second kappa shape index (κ2) is 55.2. The first-order chi connectivity index (χ1) is 27.9. The highest BCUT2D eigenvalue weighted by Crippen LogP contribution is 2.25. The number of rotatable bonds is 53. The maximum absolute atomic E-state index is 8.61. The number of unbranched alkanes of at least 4 members (excludes halogenated alkanes) is 16. The van der Waals surface area contributed by atoms with Gasteiger partial charge in [-0.25, -0.2) is 0 Å². The molecule has 0 atom stereocenters. The fourth-order valence-electron chi connectivity index (χ4n) is 5.42. The van der Waals surface area contributed by atoms with Crippen LogP contribution in [-0.4, -0.2) is 167 Å². The van der Waals surface area contributed by atoms with Gasteiger partial charge in [0.2, 0.25) is 0 Å². The Kier molecular flexibility index (Phi) is 55.4. The Morgan fingerprint density at radius 2 is 0.375 bits per heavy atom. The third-order valence-electron chi connectivity index (χ3n) is 8.56. The first-order valence-corrected chi connectivity index (χ1v) is 24.6. The molecule has 0 aromatic heterocycles. The van der Waals surface area contributed by atoms with E-state index in [1.807, 2.05) is 0 Å². The van der Waals surface area contributed by atoms with Crippen molar-refractivity contribution in [3.8, 4) is 0 Å². The quantitative estimate of drug-likeness (QED) is 0.0462. The lowest BCUT2D eigenvalue weighted by molar-refractivity contribution is -0.0134. The maximum atomic E-state index is 8.61. The molecular formula is C42H86O12S2. The van der Waals surface area contributed by atoms with E-state index in [2.05, 4.69) is 21.6 Å². The molecule has 0 aromatic carbocycles. The van der Waals surface area contributed by atoms with Gasteiger partial charge in [0.05, 0.1) is 132 Å². The Labute approximate surface area is 350 Å². The Bertz CT molecular complexity index is 621. The summed E-state index contributed by atoms with van der Waals surface area (Å²) in [6.45, 7) is 11.4. The van der Waals surface area contributed by atoms with E-state index < -0.39 is 0 Å². The predicted molar refractivity (Wildman–Crippen MR) is 230 cm³/mol. The SMILES string of the molecule is OCCOCCOCCOCCOCCOCCCCCCCCCCCSSCCCCCCCCCCCOCCOCCOCCOCCOCCO. The average Bonchev–Trinajstić information content (AvgIpc) is 3.21. The number of hydrogen-bond donors (Lipinski definition) is 2. The van der Waals surface area contributed by atoms with Crippen LogP contribution in [0, 0.1) is 0 Å². The minimum absolute atomic E-state index is 0.0425. The Balaban J connectivity index is 3.05. The van der Waals surface area contributed by atoms with Crippen LogP contribution < -0.4 is 0 Å². The van der Waals surface area contributed by atoms with Gasteiger partial charge >= 0.3 is 0 Å². The van der Waals surface area contributed by atoms with Gasteiger partial charge in [-0.2, -0.15) is 0 Å². The summed E-state index contributed by atoms with van der Waals surface area (Å²) in [6, 6.07) is 0. The van der Waals surface area contributed by atoms with E-state index in [-0.39, 0.29) is 13.2 Å². The molecule has 0 fully saturated rings. The highest BCUT2D eigenvalue weighted by atomic mass is 33.1. The van der Waals surface area contributed by atoms with Gasteiger partial charge in [-0.1, -0.05) is 111 Å². The van der Waals surface area contributed by atoms with Crippen LogP contribution in [0.2, 0.25) is 0 Å². The summed E-state index contributed by atoms with van der Waals surface area (Å²) in [5.74, 6) is 2.61. The summed E-state index contributed by atoms with van der Waals surface area (Å²) >= 11 is 0. The van der Waals surface area contributed by atoms with Crippen LogP contribution in [0.3, 0.4) is 0 Å². The fraction of sp³-hybridized carbons (Fsp3) is 1.00. The molecule has 0 saturated heterocycles. The van der Waals surface area contributed by atoms with E-state index >= 15 is 0 Å². The van der Waals surface area contributed by atoms with Gasteiger partial charge in [0.15, 0.2) is 0 Å². The van der Waals surface area contributed by atoms with Gasteiger partial charge in [-0.3, -0.25) is 0 Å². The first-order valence-electron chi connectivity index (χ1n) is 22.1. The summed E-state index contributed by atoms with van der Waals surface area (Å²) < 4.78 is 54.3. The van der Waals surface area contributed by atoms with Crippen LogP contribution >= 0.6 is 21.6 Å². The second-order valence-corrected chi connectivity index (χ2v) is 16.3. The summed E-state index contributed by atoms with van der Waals surface area (Å²) in [6.07, 6.45) is 23.9. The molecular weight excluding hydrogens is 761 g/mol. The highest BCUT2D eigenvalue weighted by molar-refractivity contribution is 8.76. The number of aliphatic hydroxyl groups excluding tert-OH is 2. The molecule has 14 heteroatoms. The minimum atomic E-state index is 0.0425. The second-order valence-electron chi connectivity index (χ2n) is 13.6.